The number of nitro groups is 1. The monoisotopic (exact) mass is 293 g/mol. The van der Waals surface area contributed by atoms with Crippen molar-refractivity contribution in [2.75, 3.05) is 31.1 Å². The molecule has 1 aliphatic heterocycles. The number of amides is 1. The highest BCUT2D eigenvalue weighted by atomic mass is 16.6. The molecule has 0 aliphatic carbocycles. The van der Waals surface area contributed by atoms with Crippen LogP contribution in [-0.4, -0.2) is 43.2 Å². The van der Waals surface area contributed by atoms with Gasteiger partial charge in [-0.3, -0.25) is 14.9 Å². The molecule has 1 heterocycles. The Morgan fingerprint density at radius 3 is 3.00 bits per heavy atom. The van der Waals surface area contributed by atoms with E-state index >= 15 is 0 Å². The van der Waals surface area contributed by atoms with E-state index in [-0.39, 0.29) is 22.6 Å². The number of para-hydroxylation sites is 1. The van der Waals surface area contributed by atoms with Gasteiger partial charge < -0.3 is 15.0 Å². The van der Waals surface area contributed by atoms with Gasteiger partial charge in [0, 0.05) is 32.1 Å². The van der Waals surface area contributed by atoms with Gasteiger partial charge in [-0.05, 0) is 13.0 Å². The maximum absolute atomic E-state index is 11.3. The number of carbonyl (C=O) groups excluding carboxylic acids is 1. The molecule has 1 atom stereocenters. The summed E-state index contributed by atoms with van der Waals surface area (Å²) in [6.45, 7) is 5.19. The lowest BCUT2D eigenvalue weighted by Crippen LogP contribution is -2.47. The Balaban J connectivity index is 2.16. The molecular formula is C14H19N3O4. The first-order valence-corrected chi connectivity index (χ1v) is 6.84. The highest BCUT2D eigenvalue weighted by Gasteiger charge is 2.27. The molecule has 1 aromatic rings. The summed E-state index contributed by atoms with van der Waals surface area (Å²) in [5.74, 6) is -0.114. The number of benzene rings is 1. The van der Waals surface area contributed by atoms with Gasteiger partial charge in [-0.1, -0.05) is 12.1 Å². The summed E-state index contributed by atoms with van der Waals surface area (Å²) >= 11 is 0. The lowest BCUT2D eigenvalue weighted by molar-refractivity contribution is -0.384. The predicted octanol–water partition coefficient (Wildman–Crippen LogP) is 1.24. The van der Waals surface area contributed by atoms with Gasteiger partial charge in [-0.2, -0.15) is 0 Å². The van der Waals surface area contributed by atoms with Gasteiger partial charge in [0.25, 0.3) is 5.69 Å². The molecule has 0 radical (unpaired) electrons. The Morgan fingerprint density at radius 1 is 1.57 bits per heavy atom. The van der Waals surface area contributed by atoms with E-state index in [0.717, 1.165) is 0 Å². The van der Waals surface area contributed by atoms with Crippen molar-refractivity contribution in [1.82, 2.24) is 5.32 Å². The van der Waals surface area contributed by atoms with Crippen molar-refractivity contribution in [2.24, 2.45) is 0 Å². The number of anilines is 1. The maximum Gasteiger partial charge on any atom is 0.295 e. The lowest BCUT2D eigenvalue weighted by Gasteiger charge is -2.34. The van der Waals surface area contributed by atoms with E-state index in [4.69, 9.17) is 4.74 Å². The molecule has 1 aromatic carbocycles. The van der Waals surface area contributed by atoms with Gasteiger partial charge in [0.15, 0.2) is 0 Å². The predicted molar refractivity (Wildman–Crippen MR) is 78.5 cm³/mol. The van der Waals surface area contributed by atoms with Crippen molar-refractivity contribution in [3.8, 4) is 0 Å². The number of hydrogen-bond acceptors (Lipinski definition) is 5. The van der Waals surface area contributed by atoms with E-state index in [9.17, 15) is 14.9 Å². The Kier molecular flexibility index (Phi) is 4.74. The van der Waals surface area contributed by atoms with E-state index in [2.05, 4.69) is 5.32 Å². The largest absolute Gasteiger partial charge is 0.373 e. The molecule has 1 saturated heterocycles. The smallest absolute Gasteiger partial charge is 0.295 e. The quantitative estimate of drug-likeness (QED) is 0.667. The van der Waals surface area contributed by atoms with Crippen LogP contribution < -0.4 is 10.2 Å². The normalized spacial score (nSPS) is 18.4. The molecule has 0 saturated carbocycles. The SMILES string of the molecule is CC(=O)NC[C@@H]1CN(c2cccc(C)c2[N+](=O)[O-])CCO1. The summed E-state index contributed by atoms with van der Waals surface area (Å²) in [5.41, 5.74) is 1.39. The second-order valence-corrected chi connectivity index (χ2v) is 5.08. The van der Waals surface area contributed by atoms with Crippen LogP contribution in [0.15, 0.2) is 18.2 Å². The molecule has 1 fully saturated rings. The van der Waals surface area contributed by atoms with Gasteiger partial charge in [0.2, 0.25) is 5.91 Å². The summed E-state index contributed by atoms with van der Waals surface area (Å²) < 4.78 is 5.58. The number of carbonyl (C=O) groups is 1. The number of aryl methyl sites for hydroxylation is 1. The zero-order chi connectivity index (χ0) is 15.4. The molecule has 0 unspecified atom stereocenters. The lowest BCUT2D eigenvalue weighted by atomic mass is 10.1. The first-order valence-electron chi connectivity index (χ1n) is 6.84. The van der Waals surface area contributed by atoms with Crippen LogP contribution in [0.5, 0.6) is 0 Å². The molecule has 114 valence electrons. The average Bonchev–Trinajstić information content (AvgIpc) is 2.44. The summed E-state index contributed by atoms with van der Waals surface area (Å²) in [4.78, 5) is 23.8. The van der Waals surface area contributed by atoms with E-state index in [0.29, 0.717) is 37.5 Å². The van der Waals surface area contributed by atoms with E-state index in [1.165, 1.54) is 6.92 Å². The van der Waals surface area contributed by atoms with Crippen molar-refractivity contribution < 1.29 is 14.5 Å². The van der Waals surface area contributed by atoms with Crippen molar-refractivity contribution in [2.45, 2.75) is 20.0 Å². The molecule has 0 bridgehead atoms. The topological polar surface area (TPSA) is 84.7 Å². The highest BCUT2D eigenvalue weighted by molar-refractivity contribution is 5.72. The van der Waals surface area contributed by atoms with Gasteiger partial charge in [-0.25, -0.2) is 0 Å². The van der Waals surface area contributed by atoms with Crippen LogP contribution in [-0.2, 0) is 9.53 Å². The number of hydrogen-bond donors (Lipinski definition) is 1. The summed E-state index contributed by atoms with van der Waals surface area (Å²) in [5, 5.41) is 14.0. The van der Waals surface area contributed by atoms with Crippen molar-refractivity contribution >= 4 is 17.3 Å². The minimum absolute atomic E-state index is 0.114. The number of nitrogens with zero attached hydrogens (tertiary/aromatic N) is 2. The second-order valence-electron chi connectivity index (χ2n) is 5.08. The fraction of sp³-hybridized carbons (Fsp3) is 0.500. The Hall–Kier alpha value is -2.15. The van der Waals surface area contributed by atoms with Crippen LogP contribution in [0.3, 0.4) is 0 Å². The maximum atomic E-state index is 11.3. The van der Waals surface area contributed by atoms with Crippen molar-refractivity contribution in [3.05, 3.63) is 33.9 Å². The van der Waals surface area contributed by atoms with Crippen LogP contribution in [0.4, 0.5) is 11.4 Å². The molecule has 0 aromatic heterocycles. The minimum Gasteiger partial charge on any atom is -0.373 e. The van der Waals surface area contributed by atoms with Crippen molar-refractivity contribution in [3.63, 3.8) is 0 Å². The van der Waals surface area contributed by atoms with Crippen LogP contribution in [0.2, 0.25) is 0 Å². The summed E-state index contributed by atoms with van der Waals surface area (Å²) in [6.07, 6.45) is -0.164. The number of ether oxygens (including phenoxy) is 1. The second kappa shape index (κ2) is 6.53. The first-order chi connectivity index (χ1) is 9.99. The fourth-order valence-electron chi connectivity index (χ4n) is 2.46. The number of morpholine rings is 1. The van der Waals surface area contributed by atoms with E-state index < -0.39 is 0 Å². The molecule has 1 aliphatic rings. The minimum atomic E-state index is -0.344. The summed E-state index contributed by atoms with van der Waals surface area (Å²) in [7, 11) is 0. The Bertz CT molecular complexity index is 547. The van der Waals surface area contributed by atoms with Crippen LogP contribution >= 0.6 is 0 Å². The van der Waals surface area contributed by atoms with Crippen molar-refractivity contribution in [1.29, 1.82) is 0 Å². The van der Waals surface area contributed by atoms with Gasteiger partial charge in [0.1, 0.15) is 5.69 Å². The van der Waals surface area contributed by atoms with Crippen LogP contribution in [0.1, 0.15) is 12.5 Å². The molecule has 1 N–H and O–H groups in total. The molecule has 21 heavy (non-hydrogen) atoms. The van der Waals surface area contributed by atoms with Crippen LogP contribution in [0.25, 0.3) is 0 Å². The zero-order valence-corrected chi connectivity index (χ0v) is 12.2. The fourth-order valence-corrected chi connectivity index (χ4v) is 2.46. The molecular weight excluding hydrogens is 274 g/mol. The Morgan fingerprint density at radius 2 is 2.33 bits per heavy atom. The molecule has 2 rings (SSSR count). The third-order valence-electron chi connectivity index (χ3n) is 3.46. The third-order valence-corrected chi connectivity index (χ3v) is 3.46. The number of rotatable bonds is 4. The third kappa shape index (κ3) is 3.69. The Labute approximate surface area is 123 Å². The standard InChI is InChI=1S/C14H19N3O4/c1-10-4-3-5-13(14(10)17(19)20)16-6-7-21-12(9-16)8-15-11(2)18/h3-5,12H,6-9H2,1-2H3,(H,15,18)/t12-/m1/s1. The van der Waals surface area contributed by atoms with E-state index in [1.54, 1.807) is 19.1 Å². The molecule has 1 amide bonds. The highest BCUT2D eigenvalue weighted by Crippen LogP contribution is 2.32. The molecule has 0 spiro atoms. The average molecular weight is 293 g/mol. The number of nitrogens with one attached hydrogen (secondary N) is 1. The van der Waals surface area contributed by atoms with Gasteiger partial charge >= 0.3 is 0 Å². The number of nitro benzene ring substituents is 1. The zero-order valence-electron chi connectivity index (χ0n) is 12.2. The van der Waals surface area contributed by atoms with Crippen LogP contribution in [0, 0.1) is 17.0 Å². The summed E-state index contributed by atoms with van der Waals surface area (Å²) in [6, 6.07) is 5.30. The van der Waals surface area contributed by atoms with Gasteiger partial charge in [0.05, 0.1) is 17.6 Å². The van der Waals surface area contributed by atoms with Gasteiger partial charge in [-0.15, -0.1) is 0 Å². The molecule has 7 heteroatoms. The molecule has 7 nitrogen and oxygen atoms in total. The van der Waals surface area contributed by atoms with E-state index in [1.807, 2.05) is 11.0 Å². The first kappa shape index (κ1) is 15.2.